The number of carbonyl (C=O) groups is 1. The molecular weight excluding hydrogens is 351 g/mol. The van der Waals surface area contributed by atoms with Crippen molar-refractivity contribution in [2.45, 2.75) is 31.5 Å². The first-order valence-corrected chi connectivity index (χ1v) is 8.90. The first-order valence-electron chi connectivity index (χ1n) is 8.02. The summed E-state index contributed by atoms with van der Waals surface area (Å²) in [4.78, 5) is 18.9. The molecular formula is C17H18F3N3OS. The predicted molar refractivity (Wildman–Crippen MR) is 90.6 cm³/mol. The highest BCUT2D eigenvalue weighted by molar-refractivity contribution is 7.10. The van der Waals surface area contributed by atoms with Crippen molar-refractivity contribution in [2.75, 3.05) is 18.0 Å². The maximum Gasteiger partial charge on any atom is 0.417 e. The summed E-state index contributed by atoms with van der Waals surface area (Å²) in [6, 6.07) is 6.40. The molecule has 0 spiro atoms. The summed E-state index contributed by atoms with van der Waals surface area (Å²) in [7, 11) is 0. The van der Waals surface area contributed by atoms with Crippen molar-refractivity contribution in [1.29, 1.82) is 0 Å². The Labute approximate surface area is 147 Å². The fourth-order valence-electron chi connectivity index (χ4n) is 2.84. The number of nitrogens with zero attached hydrogens (tertiary/aromatic N) is 2. The summed E-state index contributed by atoms with van der Waals surface area (Å²) in [6.45, 7) is 1.31. The van der Waals surface area contributed by atoms with Crippen molar-refractivity contribution in [2.24, 2.45) is 0 Å². The second-order valence-electron chi connectivity index (χ2n) is 5.99. The molecule has 2 aromatic heterocycles. The second-order valence-corrected chi connectivity index (χ2v) is 7.02. The van der Waals surface area contributed by atoms with E-state index in [9.17, 15) is 18.0 Å². The van der Waals surface area contributed by atoms with Crippen LogP contribution in [0.3, 0.4) is 0 Å². The van der Waals surface area contributed by atoms with Crippen LogP contribution in [0.5, 0.6) is 0 Å². The number of alkyl halides is 3. The molecule has 134 valence electrons. The van der Waals surface area contributed by atoms with Crippen LogP contribution in [0.15, 0.2) is 35.8 Å². The number of amides is 1. The number of pyridine rings is 1. The Balaban J connectivity index is 1.49. The number of carbonyl (C=O) groups excluding carboxylic acids is 1. The van der Waals surface area contributed by atoms with E-state index in [1.807, 2.05) is 22.4 Å². The summed E-state index contributed by atoms with van der Waals surface area (Å²) in [5, 5.41) is 4.97. The molecule has 2 aromatic rings. The summed E-state index contributed by atoms with van der Waals surface area (Å²) in [5.74, 6) is 0.546. The van der Waals surface area contributed by atoms with Crippen molar-refractivity contribution in [1.82, 2.24) is 10.3 Å². The normalized spacial score (nSPS) is 16.0. The van der Waals surface area contributed by atoms with E-state index in [0.717, 1.165) is 30.0 Å². The minimum absolute atomic E-state index is 0.00792. The zero-order valence-corrected chi connectivity index (χ0v) is 14.2. The van der Waals surface area contributed by atoms with Crippen molar-refractivity contribution in [3.63, 3.8) is 0 Å². The van der Waals surface area contributed by atoms with Crippen LogP contribution in [0.25, 0.3) is 0 Å². The van der Waals surface area contributed by atoms with Gasteiger partial charge in [0.2, 0.25) is 5.91 Å². The molecule has 0 aromatic carbocycles. The van der Waals surface area contributed by atoms with Crippen LogP contribution in [-0.2, 0) is 17.4 Å². The molecule has 0 atom stereocenters. The molecule has 1 N–H and O–H groups in total. The standard InChI is InChI=1S/C17H18F3N3OS/c18-17(19,20)12-3-4-15(21-11-12)23-7-5-13(6-8-23)22-16(24)10-14-2-1-9-25-14/h1-4,9,11,13H,5-8,10H2,(H,22,24). The number of thiophene rings is 1. The lowest BCUT2D eigenvalue weighted by Crippen LogP contribution is -2.45. The third kappa shape index (κ3) is 4.72. The van der Waals surface area contributed by atoms with Gasteiger partial charge in [0.25, 0.3) is 0 Å². The van der Waals surface area contributed by atoms with Gasteiger partial charge in [0.05, 0.1) is 12.0 Å². The van der Waals surface area contributed by atoms with Gasteiger partial charge in [0.1, 0.15) is 5.82 Å². The number of aromatic nitrogens is 1. The zero-order valence-electron chi connectivity index (χ0n) is 13.4. The maximum absolute atomic E-state index is 12.6. The van der Waals surface area contributed by atoms with E-state index < -0.39 is 11.7 Å². The summed E-state index contributed by atoms with van der Waals surface area (Å²) < 4.78 is 37.7. The molecule has 1 amide bonds. The molecule has 1 aliphatic rings. The first kappa shape index (κ1) is 17.7. The number of hydrogen-bond donors (Lipinski definition) is 1. The van der Waals surface area contributed by atoms with E-state index in [2.05, 4.69) is 10.3 Å². The Morgan fingerprint density at radius 1 is 1.28 bits per heavy atom. The number of nitrogens with one attached hydrogen (secondary N) is 1. The Morgan fingerprint density at radius 3 is 2.60 bits per heavy atom. The van der Waals surface area contributed by atoms with Gasteiger partial charge < -0.3 is 10.2 Å². The van der Waals surface area contributed by atoms with Crippen LogP contribution in [0, 0.1) is 0 Å². The summed E-state index contributed by atoms with van der Waals surface area (Å²) in [6.07, 6.45) is -1.62. The highest BCUT2D eigenvalue weighted by atomic mass is 32.1. The monoisotopic (exact) mass is 369 g/mol. The minimum atomic E-state index is -4.37. The zero-order chi connectivity index (χ0) is 17.9. The van der Waals surface area contributed by atoms with Gasteiger partial charge >= 0.3 is 6.18 Å². The molecule has 0 unspecified atom stereocenters. The van der Waals surface area contributed by atoms with Crippen LogP contribution in [0.4, 0.5) is 19.0 Å². The smallest absolute Gasteiger partial charge is 0.356 e. The molecule has 25 heavy (non-hydrogen) atoms. The Hall–Kier alpha value is -2.09. The molecule has 1 fully saturated rings. The highest BCUT2D eigenvalue weighted by Gasteiger charge is 2.31. The second kappa shape index (κ2) is 7.43. The van der Waals surface area contributed by atoms with Crippen LogP contribution in [-0.4, -0.2) is 30.0 Å². The Morgan fingerprint density at radius 2 is 2.04 bits per heavy atom. The fraction of sp³-hybridized carbons (Fsp3) is 0.412. The van der Waals surface area contributed by atoms with Crippen molar-refractivity contribution in [3.8, 4) is 0 Å². The average Bonchev–Trinajstić information content (AvgIpc) is 3.08. The lowest BCUT2D eigenvalue weighted by atomic mass is 10.0. The molecule has 0 radical (unpaired) electrons. The van der Waals surface area contributed by atoms with Crippen LogP contribution < -0.4 is 10.2 Å². The van der Waals surface area contributed by atoms with Gasteiger partial charge in [-0.3, -0.25) is 4.79 Å². The number of halogens is 3. The van der Waals surface area contributed by atoms with Gasteiger partial charge in [-0.25, -0.2) is 4.98 Å². The SMILES string of the molecule is O=C(Cc1cccs1)NC1CCN(c2ccc(C(F)(F)F)cn2)CC1. The van der Waals surface area contributed by atoms with Crippen LogP contribution in [0.2, 0.25) is 0 Å². The molecule has 1 saturated heterocycles. The third-order valence-corrected chi connectivity index (χ3v) is 5.05. The quantitative estimate of drug-likeness (QED) is 0.897. The van der Waals surface area contributed by atoms with Crippen molar-refractivity contribution >= 4 is 23.1 Å². The Kier molecular flexibility index (Phi) is 5.27. The topological polar surface area (TPSA) is 45.2 Å². The summed E-state index contributed by atoms with van der Waals surface area (Å²) >= 11 is 1.56. The van der Waals surface area contributed by atoms with Gasteiger partial charge in [-0.15, -0.1) is 11.3 Å². The largest absolute Gasteiger partial charge is 0.417 e. The van der Waals surface area contributed by atoms with E-state index in [1.54, 1.807) is 11.3 Å². The van der Waals surface area contributed by atoms with Gasteiger partial charge in [0.15, 0.2) is 0 Å². The molecule has 0 saturated carbocycles. The van der Waals surface area contributed by atoms with Crippen molar-refractivity contribution in [3.05, 3.63) is 46.3 Å². The predicted octanol–water partition coefficient (Wildman–Crippen LogP) is 3.49. The summed E-state index contributed by atoms with van der Waals surface area (Å²) in [5.41, 5.74) is -0.744. The lowest BCUT2D eigenvalue weighted by Gasteiger charge is -2.33. The molecule has 3 rings (SSSR count). The fourth-order valence-corrected chi connectivity index (χ4v) is 3.55. The van der Waals surface area contributed by atoms with Crippen LogP contribution >= 0.6 is 11.3 Å². The highest BCUT2D eigenvalue weighted by Crippen LogP contribution is 2.29. The number of rotatable bonds is 4. The minimum Gasteiger partial charge on any atom is -0.356 e. The number of hydrogen-bond acceptors (Lipinski definition) is 4. The molecule has 3 heterocycles. The first-order chi connectivity index (χ1) is 11.9. The van der Waals surface area contributed by atoms with Crippen molar-refractivity contribution < 1.29 is 18.0 Å². The molecule has 0 bridgehead atoms. The Bertz CT molecular complexity index is 693. The van der Waals surface area contributed by atoms with Gasteiger partial charge in [-0.05, 0) is 36.4 Å². The van der Waals surface area contributed by atoms with E-state index in [0.29, 0.717) is 25.3 Å². The number of piperidine rings is 1. The van der Waals surface area contributed by atoms with Gasteiger partial charge in [-0.1, -0.05) is 6.07 Å². The van der Waals surface area contributed by atoms with E-state index in [-0.39, 0.29) is 11.9 Å². The van der Waals surface area contributed by atoms with Crippen LogP contribution in [0.1, 0.15) is 23.3 Å². The van der Waals surface area contributed by atoms with E-state index in [4.69, 9.17) is 0 Å². The molecule has 4 nitrogen and oxygen atoms in total. The molecule has 0 aliphatic carbocycles. The molecule has 1 aliphatic heterocycles. The number of anilines is 1. The lowest BCUT2D eigenvalue weighted by molar-refractivity contribution is -0.137. The van der Waals surface area contributed by atoms with Gasteiger partial charge in [-0.2, -0.15) is 13.2 Å². The average molecular weight is 369 g/mol. The third-order valence-electron chi connectivity index (χ3n) is 4.17. The molecule has 8 heteroatoms. The van der Waals surface area contributed by atoms with E-state index in [1.165, 1.54) is 6.07 Å². The van der Waals surface area contributed by atoms with Gasteiger partial charge in [0, 0.05) is 30.2 Å². The maximum atomic E-state index is 12.6. The van der Waals surface area contributed by atoms with E-state index >= 15 is 0 Å².